The summed E-state index contributed by atoms with van der Waals surface area (Å²) in [5, 5.41) is 9.28. The predicted molar refractivity (Wildman–Crippen MR) is 68.9 cm³/mol. The Labute approximate surface area is 117 Å². The van der Waals surface area contributed by atoms with E-state index >= 15 is 0 Å². The van der Waals surface area contributed by atoms with Crippen LogP contribution in [0.4, 0.5) is 0 Å². The minimum atomic E-state index is -0.777. The zero-order valence-corrected chi connectivity index (χ0v) is 11.4. The van der Waals surface area contributed by atoms with Gasteiger partial charge in [0.2, 0.25) is 0 Å². The summed E-state index contributed by atoms with van der Waals surface area (Å²) in [6.07, 6.45) is 1.74. The van der Waals surface area contributed by atoms with Crippen molar-refractivity contribution in [3.8, 4) is 0 Å². The van der Waals surface area contributed by atoms with Crippen LogP contribution in [-0.4, -0.2) is 41.1 Å². The van der Waals surface area contributed by atoms with Crippen molar-refractivity contribution in [1.29, 1.82) is 0 Å². The van der Waals surface area contributed by atoms with Crippen LogP contribution in [0.5, 0.6) is 0 Å². The summed E-state index contributed by atoms with van der Waals surface area (Å²) < 4.78 is 4.79. The fourth-order valence-corrected chi connectivity index (χ4v) is 1.93. The van der Waals surface area contributed by atoms with Crippen molar-refractivity contribution in [2.75, 3.05) is 0 Å². The van der Waals surface area contributed by atoms with E-state index in [9.17, 15) is 24.3 Å². The first-order chi connectivity index (χ1) is 9.51. The molecule has 20 heavy (non-hydrogen) atoms. The van der Waals surface area contributed by atoms with Gasteiger partial charge in [0.25, 0.3) is 0 Å². The van der Waals surface area contributed by atoms with E-state index in [4.69, 9.17) is 4.74 Å². The molecule has 2 unspecified atom stereocenters. The fraction of sp³-hybridized carbons (Fsp3) is 0.714. The highest BCUT2D eigenvalue weighted by atomic mass is 16.6. The zero-order valence-electron chi connectivity index (χ0n) is 11.4. The van der Waals surface area contributed by atoms with Crippen molar-refractivity contribution in [1.82, 2.24) is 0 Å². The summed E-state index contributed by atoms with van der Waals surface area (Å²) in [5.74, 6) is -0.334. The number of Topliss-reactive ketones (excluding diaryl/α,β-unsaturated/α-hetero) is 2. The standard InChI is InChI=1S/C14H20O6/c15-8-7-12(18)4-3-10(16)1-2-11(17)5-6-13-9-14(19)20-13/h8,12-13,18H,1-7,9H2. The number of carbonyl (C=O) groups excluding carboxylic acids is 4. The highest BCUT2D eigenvalue weighted by molar-refractivity contribution is 5.86. The molecule has 0 amide bonds. The van der Waals surface area contributed by atoms with E-state index in [1.807, 2.05) is 0 Å². The largest absolute Gasteiger partial charge is 0.462 e. The molecule has 1 aliphatic rings. The fourth-order valence-electron chi connectivity index (χ4n) is 1.93. The lowest BCUT2D eigenvalue weighted by molar-refractivity contribution is -0.170. The maximum absolute atomic E-state index is 11.5. The molecule has 1 fully saturated rings. The van der Waals surface area contributed by atoms with Crippen molar-refractivity contribution in [2.45, 2.75) is 63.6 Å². The molecule has 0 spiro atoms. The number of hydrogen-bond donors (Lipinski definition) is 1. The number of ketones is 2. The molecule has 0 aromatic rings. The molecule has 0 aromatic heterocycles. The number of hydrogen-bond acceptors (Lipinski definition) is 6. The smallest absolute Gasteiger partial charge is 0.309 e. The number of ether oxygens (including phenoxy) is 1. The first kappa shape index (κ1) is 16.5. The van der Waals surface area contributed by atoms with Gasteiger partial charge >= 0.3 is 5.97 Å². The Morgan fingerprint density at radius 1 is 1.25 bits per heavy atom. The van der Waals surface area contributed by atoms with Gasteiger partial charge in [-0.2, -0.15) is 0 Å². The first-order valence-electron chi connectivity index (χ1n) is 6.86. The second-order valence-electron chi connectivity index (χ2n) is 5.03. The number of aldehydes is 1. The highest BCUT2D eigenvalue weighted by Gasteiger charge is 2.28. The number of cyclic esters (lactones) is 1. The highest BCUT2D eigenvalue weighted by Crippen LogP contribution is 2.19. The molecule has 0 aromatic carbocycles. The molecule has 1 heterocycles. The van der Waals surface area contributed by atoms with Crippen molar-refractivity contribution < 1.29 is 29.0 Å². The van der Waals surface area contributed by atoms with Gasteiger partial charge in [-0.3, -0.25) is 14.4 Å². The minimum Gasteiger partial charge on any atom is -0.462 e. The predicted octanol–water partition coefficient (Wildman–Crippen LogP) is 0.731. The van der Waals surface area contributed by atoms with Gasteiger partial charge in [-0.15, -0.1) is 0 Å². The molecule has 1 saturated heterocycles. The maximum Gasteiger partial charge on any atom is 0.309 e. The van der Waals surface area contributed by atoms with Crippen LogP contribution in [0, 0.1) is 0 Å². The van der Waals surface area contributed by atoms with Gasteiger partial charge in [-0.25, -0.2) is 0 Å². The van der Waals surface area contributed by atoms with Gasteiger partial charge in [0.15, 0.2) is 0 Å². The third-order valence-corrected chi connectivity index (χ3v) is 3.24. The van der Waals surface area contributed by atoms with E-state index in [1.165, 1.54) is 0 Å². The second-order valence-corrected chi connectivity index (χ2v) is 5.03. The number of carbonyl (C=O) groups is 4. The maximum atomic E-state index is 11.5. The number of aliphatic hydroxyl groups is 1. The molecular formula is C14H20O6. The molecule has 2 atom stereocenters. The second kappa shape index (κ2) is 8.58. The Hall–Kier alpha value is -1.56. The minimum absolute atomic E-state index is 0.0188. The molecule has 1 N–H and O–H groups in total. The van der Waals surface area contributed by atoms with Crippen LogP contribution in [-0.2, 0) is 23.9 Å². The lowest BCUT2D eigenvalue weighted by Gasteiger charge is -2.24. The molecule has 0 aliphatic carbocycles. The van der Waals surface area contributed by atoms with Gasteiger partial charge in [-0.1, -0.05) is 0 Å². The summed E-state index contributed by atoms with van der Waals surface area (Å²) in [5.41, 5.74) is 0. The average molecular weight is 284 g/mol. The van der Waals surface area contributed by atoms with Gasteiger partial charge in [0, 0.05) is 32.1 Å². The van der Waals surface area contributed by atoms with Crippen LogP contribution in [0.15, 0.2) is 0 Å². The van der Waals surface area contributed by atoms with E-state index in [0.717, 1.165) is 0 Å². The summed E-state index contributed by atoms with van der Waals surface area (Å²) in [6.45, 7) is 0. The van der Waals surface area contributed by atoms with Crippen LogP contribution in [0.1, 0.15) is 51.4 Å². The van der Waals surface area contributed by atoms with Crippen LogP contribution in [0.2, 0.25) is 0 Å². The van der Waals surface area contributed by atoms with Gasteiger partial charge in [0.1, 0.15) is 24.0 Å². The van der Waals surface area contributed by atoms with Crippen molar-refractivity contribution in [2.24, 2.45) is 0 Å². The topological polar surface area (TPSA) is 97.7 Å². The van der Waals surface area contributed by atoms with E-state index in [-0.39, 0.29) is 55.7 Å². The van der Waals surface area contributed by atoms with Gasteiger partial charge < -0.3 is 14.6 Å². The molecule has 1 aliphatic heterocycles. The molecule has 1 rings (SSSR count). The Balaban J connectivity index is 2.03. The summed E-state index contributed by atoms with van der Waals surface area (Å²) in [4.78, 5) is 43.7. The average Bonchev–Trinajstić information content (AvgIpc) is 2.38. The monoisotopic (exact) mass is 284 g/mol. The molecule has 0 bridgehead atoms. The number of rotatable bonds is 11. The molecule has 112 valence electrons. The number of aliphatic hydroxyl groups excluding tert-OH is 1. The van der Waals surface area contributed by atoms with Crippen LogP contribution >= 0.6 is 0 Å². The van der Waals surface area contributed by atoms with Crippen LogP contribution in [0.25, 0.3) is 0 Å². The quantitative estimate of drug-likeness (QED) is 0.443. The Morgan fingerprint density at radius 2 is 1.85 bits per heavy atom. The molecule has 0 radical (unpaired) electrons. The normalized spacial score (nSPS) is 18.9. The summed E-state index contributed by atoms with van der Waals surface area (Å²) >= 11 is 0. The third-order valence-electron chi connectivity index (χ3n) is 3.24. The lowest BCUT2D eigenvalue weighted by Crippen LogP contribution is -2.32. The van der Waals surface area contributed by atoms with Gasteiger partial charge in [-0.05, 0) is 12.8 Å². The Bertz CT molecular complexity index is 347. The third kappa shape index (κ3) is 6.56. The summed E-state index contributed by atoms with van der Waals surface area (Å²) in [7, 11) is 0. The van der Waals surface area contributed by atoms with E-state index in [2.05, 4.69) is 0 Å². The van der Waals surface area contributed by atoms with Crippen molar-refractivity contribution in [3.63, 3.8) is 0 Å². The molecule has 0 saturated carbocycles. The zero-order chi connectivity index (χ0) is 15.0. The van der Waals surface area contributed by atoms with E-state index in [1.54, 1.807) is 0 Å². The van der Waals surface area contributed by atoms with Crippen molar-refractivity contribution >= 4 is 23.8 Å². The van der Waals surface area contributed by atoms with Crippen molar-refractivity contribution in [3.05, 3.63) is 0 Å². The van der Waals surface area contributed by atoms with Crippen LogP contribution < -0.4 is 0 Å². The van der Waals surface area contributed by atoms with E-state index in [0.29, 0.717) is 25.5 Å². The summed E-state index contributed by atoms with van der Waals surface area (Å²) in [6, 6.07) is 0. The molecule has 6 heteroatoms. The van der Waals surface area contributed by atoms with Crippen LogP contribution in [0.3, 0.4) is 0 Å². The lowest BCUT2D eigenvalue weighted by atomic mass is 10.0. The first-order valence-corrected chi connectivity index (χ1v) is 6.86. The Morgan fingerprint density at radius 3 is 2.40 bits per heavy atom. The SMILES string of the molecule is O=CCC(O)CCC(=O)CCC(=O)CCC1CC(=O)O1. The molecule has 6 nitrogen and oxygen atoms in total. The Kier molecular flexibility index (Phi) is 7.08. The van der Waals surface area contributed by atoms with Gasteiger partial charge in [0.05, 0.1) is 12.5 Å². The van der Waals surface area contributed by atoms with E-state index < -0.39 is 6.10 Å². The molecular weight excluding hydrogens is 264 g/mol. The number of esters is 1.